The first-order valence-corrected chi connectivity index (χ1v) is 9.44. The quantitative estimate of drug-likeness (QED) is 0.768. The number of benzene rings is 1. The average Bonchev–Trinajstić information content (AvgIpc) is 3.12. The lowest BCUT2D eigenvalue weighted by molar-refractivity contribution is -0.141. The van der Waals surface area contributed by atoms with Gasteiger partial charge in [-0.25, -0.2) is 0 Å². The molecule has 1 atom stereocenters. The van der Waals surface area contributed by atoms with Gasteiger partial charge >= 0.3 is 0 Å². The summed E-state index contributed by atoms with van der Waals surface area (Å²) in [7, 11) is 0. The molecule has 0 saturated carbocycles. The Morgan fingerprint density at radius 3 is 2.31 bits per heavy atom. The van der Waals surface area contributed by atoms with Crippen molar-refractivity contribution in [1.82, 2.24) is 14.7 Å². The summed E-state index contributed by atoms with van der Waals surface area (Å²) in [5.74, 6) is -0.307. The average molecular weight is 398 g/mol. The van der Waals surface area contributed by atoms with E-state index in [4.69, 9.17) is 23.2 Å². The molecule has 0 aromatic heterocycles. The smallest absolute Gasteiger partial charge is 0.256 e. The van der Waals surface area contributed by atoms with Crippen molar-refractivity contribution in [2.24, 2.45) is 0 Å². The molecule has 0 unspecified atom stereocenters. The summed E-state index contributed by atoms with van der Waals surface area (Å²) in [6, 6.07) is 4.27. The first-order valence-electron chi connectivity index (χ1n) is 8.69. The number of nitrogens with zero attached hydrogens (tertiary/aromatic N) is 3. The molecule has 3 amide bonds. The van der Waals surface area contributed by atoms with E-state index in [1.807, 2.05) is 0 Å². The summed E-state index contributed by atoms with van der Waals surface area (Å²) < 4.78 is 0. The highest BCUT2D eigenvalue weighted by Gasteiger charge is 2.38. The molecule has 8 heteroatoms. The van der Waals surface area contributed by atoms with Gasteiger partial charge in [0.25, 0.3) is 5.91 Å². The fraction of sp³-hybridized carbons (Fsp3) is 0.500. The third kappa shape index (κ3) is 3.81. The molecule has 2 fully saturated rings. The number of halogens is 2. The zero-order valence-corrected chi connectivity index (χ0v) is 16.1. The lowest BCUT2D eigenvalue weighted by Gasteiger charge is -2.37. The van der Waals surface area contributed by atoms with Gasteiger partial charge in [-0.2, -0.15) is 0 Å². The maximum absolute atomic E-state index is 12.9. The van der Waals surface area contributed by atoms with Crippen LogP contribution in [0.5, 0.6) is 0 Å². The Labute approximate surface area is 162 Å². The molecule has 2 aliphatic rings. The van der Waals surface area contributed by atoms with Crippen LogP contribution in [-0.4, -0.2) is 71.2 Å². The summed E-state index contributed by atoms with van der Waals surface area (Å²) in [6.07, 6.45) is 1.41. The first kappa shape index (κ1) is 19.0. The van der Waals surface area contributed by atoms with E-state index in [2.05, 4.69) is 0 Å². The largest absolute Gasteiger partial charge is 0.339 e. The van der Waals surface area contributed by atoms with Gasteiger partial charge in [0.1, 0.15) is 6.04 Å². The van der Waals surface area contributed by atoms with Crippen molar-refractivity contribution in [3.8, 4) is 0 Å². The van der Waals surface area contributed by atoms with Gasteiger partial charge in [0.15, 0.2) is 0 Å². The Morgan fingerprint density at radius 2 is 1.65 bits per heavy atom. The lowest BCUT2D eigenvalue weighted by Crippen LogP contribution is -2.55. The van der Waals surface area contributed by atoms with E-state index in [1.165, 1.54) is 13.0 Å². The molecule has 2 heterocycles. The number of likely N-dealkylation sites (tertiary alicyclic amines) is 1. The molecule has 1 aromatic carbocycles. The molecule has 2 aliphatic heterocycles. The number of carbonyl (C=O) groups excluding carboxylic acids is 3. The van der Waals surface area contributed by atoms with Crippen LogP contribution in [0.15, 0.2) is 18.2 Å². The zero-order valence-electron chi connectivity index (χ0n) is 14.6. The van der Waals surface area contributed by atoms with Crippen LogP contribution in [0.25, 0.3) is 0 Å². The maximum atomic E-state index is 12.9. The highest BCUT2D eigenvalue weighted by atomic mass is 35.5. The van der Waals surface area contributed by atoms with E-state index in [0.717, 1.165) is 6.42 Å². The van der Waals surface area contributed by atoms with Crippen LogP contribution in [0.4, 0.5) is 0 Å². The van der Waals surface area contributed by atoms with E-state index in [9.17, 15) is 14.4 Å². The van der Waals surface area contributed by atoms with Crippen molar-refractivity contribution in [3.05, 3.63) is 33.8 Å². The van der Waals surface area contributed by atoms with Crippen molar-refractivity contribution in [2.45, 2.75) is 25.8 Å². The van der Waals surface area contributed by atoms with Gasteiger partial charge in [-0.1, -0.05) is 23.2 Å². The van der Waals surface area contributed by atoms with Gasteiger partial charge in [0.05, 0.1) is 10.6 Å². The Bertz CT molecular complexity index is 732. The molecule has 0 aliphatic carbocycles. The predicted molar refractivity (Wildman–Crippen MR) is 99.4 cm³/mol. The zero-order chi connectivity index (χ0) is 18.8. The number of piperazine rings is 1. The standard InChI is InChI=1S/C18H21Cl2N3O3/c1-12(24)21-7-9-22(10-8-21)18(26)16-3-2-6-23(16)17(25)14-11-13(19)4-5-15(14)20/h4-5,11,16H,2-3,6-10H2,1H3/t16-/m1/s1. The van der Waals surface area contributed by atoms with Crippen LogP contribution in [0.1, 0.15) is 30.1 Å². The molecule has 0 bridgehead atoms. The summed E-state index contributed by atoms with van der Waals surface area (Å²) in [4.78, 5) is 42.4. The van der Waals surface area contributed by atoms with Crippen LogP contribution in [0.3, 0.4) is 0 Å². The molecular formula is C18H21Cl2N3O3. The Kier molecular flexibility index (Phi) is 5.73. The molecule has 140 valence electrons. The van der Waals surface area contributed by atoms with E-state index in [-0.39, 0.29) is 17.7 Å². The third-order valence-electron chi connectivity index (χ3n) is 4.99. The molecule has 1 aromatic rings. The Balaban J connectivity index is 1.72. The summed E-state index contributed by atoms with van der Waals surface area (Å²) >= 11 is 12.1. The van der Waals surface area contributed by atoms with Crippen molar-refractivity contribution in [2.75, 3.05) is 32.7 Å². The second-order valence-corrected chi connectivity index (χ2v) is 7.46. The second kappa shape index (κ2) is 7.84. The van der Waals surface area contributed by atoms with Crippen LogP contribution in [-0.2, 0) is 9.59 Å². The van der Waals surface area contributed by atoms with Crippen LogP contribution in [0.2, 0.25) is 10.0 Å². The number of hydrogen-bond acceptors (Lipinski definition) is 3. The number of hydrogen-bond donors (Lipinski definition) is 0. The van der Waals surface area contributed by atoms with Gasteiger partial charge in [-0.05, 0) is 31.0 Å². The van der Waals surface area contributed by atoms with E-state index >= 15 is 0 Å². The van der Waals surface area contributed by atoms with E-state index < -0.39 is 6.04 Å². The highest BCUT2D eigenvalue weighted by molar-refractivity contribution is 6.35. The van der Waals surface area contributed by atoms with E-state index in [0.29, 0.717) is 54.8 Å². The molecule has 0 spiro atoms. The minimum Gasteiger partial charge on any atom is -0.339 e. The van der Waals surface area contributed by atoms with Crippen molar-refractivity contribution in [1.29, 1.82) is 0 Å². The van der Waals surface area contributed by atoms with E-state index in [1.54, 1.807) is 26.8 Å². The molecule has 6 nitrogen and oxygen atoms in total. The predicted octanol–water partition coefficient (Wildman–Crippen LogP) is 2.29. The van der Waals surface area contributed by atoms with Gasteiger partial charge in [-0.3, -0.25) is 14.4 Å². The number of carbonyl (C=O) groups is 3. The molecule has 2 saturated heterocycles. The van der Waals surface area contributed by atoms with Crippen LogP contribution >= 0.6 is 23.2 Å². The highest BCUT2D eigenvalue weighted by Crippen LogP contribution is 2.27. The fourth-order valence-electron chi connectivity index (χ4n) is 3.54. The summed E-state index contributed by atoms with van der Waals surface area (Å²) in [6.45, 7) is 4.10. The van der Waals surface area contributed by atoms with Gasteiger partial charge in [-0.15, -0.1) is 0 Å². The Hall–Kier alpha value is -1.79. The van der Waals surface area contributed by atoms with Crippen LogP contribution in [0, 0.1) is 0 Å². The molecule has 26 heavy (non-hydrogen) atoms. The fourth-order valence-corrected chi connectivity index (χ4v) is 3.91. The van der Waals surface area contributed by atoms with Crippen molar-refractivity contribution < 1.29 is 14.4 Å². The minimum atomic E-state index is -0.485. The molecule has 3 rings (SSSR count). The summed E-state index contributed by atoms with van der Waals surface area (Å²) in [5.41, 5.74) is 0.320. The van der Waals surface area contributed by atoms with Crippen molar-refractivity contribution in [3.63, 3.8) is 0 Å². The third-order valence-corrected chi connectivity index (χ3v) is 5.56. The van der Waals surface area contributed by atoms with Crippen LogP contribution < -0.4 is 0 Å². The topological polar surface area (TPSA) is 60.9 Å². The summed E-state index contributed by atoms with van der Waals surface area (Å²) in [5, 5.41) is 0.757. The van der Waals surface area contributed by atoms with Gasteiger partial charge in [0, 0.05) is 44.7 Å². The second-order valence-electron chi connectivity index (χ2n) is 6.61. The SMILES string of the molecule is CC(=O)N1CCN(C(=O)[C@H]2CCCN2C(=O)c2cc(Cl)ccc2Cl)CC1. The molecular weight excluding hydrogens is 377 g/mol. The molecule has 0 N–H and O–H groups in total. The maximum Gasteiger partial charge on any atom is 0.256 e. The first-order chi connectivity index (χ1) is 12.4. The monoisotopic (exact) mass is 397 g/mol. The minimum absolute atomic E-state index is 0.0189. The van der Waals surface area contributed by atoms with Gasteiger partial charge in [0.2, 0.25) is 11.8 Å². The van der Waals surface area contributed by atoms with Gasteiger partial charge < -0.3 is 14.7 Å². The Morgan fingerprint density at radius 1 is 1.00 bits per heavy atom. The van der Waals surface area contributed by atoms with Crippen molar-refractivity contribution >= 4 is 40.9 Å². The lowest BCUT2D eigenvalue weighted by atomic mass is 10.1. The number of rotatable bonds is 2. The normalized spacial score (nSPS) is 20.4. The number of amides is 3. The molecule has 0 radical (unpaired) electrons.